The molecular formula is C22H33N3O3S2. The molecule has 6 nitrogen and oxygen atoms in total. The van der Waals surface area contributed by atoms with Gasteiger partial charge in [0.2, 0.25) is 0 Å². The minimum Gasteiger partial charge on any atom is -0.483 e. The van der Waals surface area contributed by atoms with Gasteiger partial charge in [0.05, 0.1) is 13.7 Å². The second-order valence-corrected chi connectivity index (χ2v) is 9.43. The summed E-state index contributed by atoms with van der Waals surface area (Å²) in [6.07, 6.45) is 3.50. The fraction of sp³-hybridized carbons (Fsp3) is 0.591. The van der Waals surface area contributed by atoms with Crippen molar-refractivity contribution in [1.29, 1.82) is 0 Å². The largest absolute Gasteiger partial charge is 0.483 e. The third-order valence-electron chi connectivity index (χ3n) is 5.32. The van der Waals surface area contributed by atoms with Gasteiger partial charge in [0.25, 0.3) is 5.91 Å². The van der Waals surface area contributed by atoms with E-state index in [0.717, 1.165) is 49.2 Å². The van der Waals surface area contributed by atoms with Gasteiger partial charge in [-0.05, 0) is 56.4 Å². The molecule has 0 aromatic carbocycles. The lowest BCUT2D eigenvalue weighted by Crippen LogP contribution is -2.50. The van der Waals surface area contributed by atoms with E-state index in [9.17, 15) is 4.79 Å². The lowest BCUT2D eigenvalue weighted by molar-refractivity contribution is -0.146. The molecule has 3 rings (SSSR count). The highest BCUT2D eigenvalue weighted by atomic mass is 32.1. The van der Waals surface area contributed by atoms with Crippen LogP contribution in [0, 0.1) is 0 Å². The van der Waals surface area contributed by atoms with E-state index >= 15 is 0 Å². The van der Waals surface area contributed by atoms with Gasteiger partial charge in [-0.1, -0.05) is 6.58 Å². The second-order valence-electron chi connectivity index (χ2n) is 7.85. The van der Waals surface area contributed by atoms with Crippen LogP contribution in [-0.4, -0.2) is 56.3 Å². The number of amides is 1. The molecule has 0 spiro atoms. The fourth-order valence-electron chi connectivity index (χ4n) is 3.58. The molecule has 166 valence electrons. The van der Waals surface area contributed by atoms with Crippen molar-refractivity contribution in [3.8, 4) is 0 Å². The molecule has 30 heavy (non-hydrogen) atoms. The molecule has 2 fully saturated rings. The zero-order valence-corrected chi connectivity index (χ0v) is 19.6. The maximum Gasteiger partial charge on any atom is 0.254 e. The Bertz CT molecular complexity index is 770. The number of morpholine rings is 1. The number of carbonyl (C=O) groups is 1. The van der Waals surface area contributed by atoms with Crippen molar-refractivity contribution >= 4 is 35.4 Å². The summed E-state index contributed by atoms with van der Waals surface area (Å²) in [5.74, 6) is 0.619. The van der Waals surface area contributed by atoms with Crippen molar-refractivity contribution < 1.29 is 14.3 Å². The van der Waals surface area contributed by atoms with Gasteiger partial charge in [0, 0.05) is 35.4 Å². The molecular weight excluding hydrogens is 418 g/mol. The van der Waals surface area contributed by atoms with Crippen LogP contribution in [0.25, 0.3) is 5.57 Å². The van der Waals surface area contributed by atoms with Crippen molar-refractivity contribution in [2.24, 2.45) is 0 Å². The molecule has 1 aliphatic heterocycles. The van der Waals surface area contributed by atoms with Crippen LogP contribution in [0.3, 0.4) is 0 Å². The summed E-state index contributed by atoms with van der Waals surface area (Å²) in [7, 11) is 1.60. The van der Waals surface area contributed by atoms with E-state index in [1.807, 2.05) is 11.8 Å². The molecule has 1 aliphatic carbocycles. The van der Waals surface area contributed by atoms with Crippen LogP contribution in [0.5, 0.6) is 0 Å². The summed E-state index contributed by atoms with van der Waals surface area (Å²) in [6.45, 7) is 12.7. The topological polar surface area (TPSA) is 62.8 Å². The van der Waals surface area contributed by atoms with Crippen LogP contribution in [0.15, 0.2) is 25.1 Å². The Kier molecular flexibility index (Phi) is 8.27. The van der Waals surface area contributed by atoms with E-state index in [0.29, 0.717) is 19.0 Å². The van der Waals surface area contributed by atoms with Crippen LogP contribution in [0.1, 0.15) is 46.9 Å². The van der Waals surface area contributed by atoms with E-state index in [-0.39, 0.29) is 17.3 Å². The Hall–Kier alpha value is -1.48. The molecule has 2 atom stereocenters. The molecule has 1 saturated heterocycles. The highest BCUT2D eigenvalue weighted by molar-refractivity contribution is 7.80. The van der Waals surface area contributed by atoms with E-state index in [4.69, 9.17) is 22.1 Å². The molecule has 2 N–H and O–H groups in total. The minimum absolute atomic E-state index is 0.0406. The monoisotopic (exact) mass is 451 g/mol. The lowest BCUT2D eigenvalue weighted by Gasteiger charge is -2.33. The highest BCUT2D eigenvalue weighted by Gasteiger charge is 2.41. The third-order valence-corrected chi connectivity index (χ3v) is 7.42. The molecule has 2 unspecified atom stereocenters. The number of thiophene rings is 1. The minimum atomic E-state index is -0.422. The van der Waals surface area contributed by atoms with Crippen molar-refractivity contribution in [3.05, 3.63) is 40.4 Å². The maximum absolute atomic E-state index is 13.2. The first-order valence-corrected chi connectivity index (χ1v) is 11.8. The standard InChI is InChI=1S/C22H33N3O3S2/c1-14(2)20-16(6-5-9-24-15(3)27-4)12-19(30-20)22(29)25(17-7-8-17)21(26)18-13-23-10-11-28-18/h12,17-18,22-24,29H,1,3,5-11,13H2,2,4H3. The maximum atomic E-state index is 13.2. The van der Waals surface area contributed by atoms with E-state index in [1.165, 1.54) is 10.4 Å². The van der Waals surface area contributed by atoms with Crippen LogP contribution in [-0.2, 0) is 20.7 Å². The van der Waals surface area contributed by atoms with Gasteiger partial charge in [-0.25, -0.2) is 0 Å². The molecule has 1 aromatic heterocycles. The number of carbonyl (C=O) groups excluding carboxylic acids is 1. The van der Waals surface area contributed by atoms with Crippen molar-refractivity contribution in [2.75, 3.05) is 33.4 Å². The average Bonchev–Trinajstić information content (AvgIpc) is 3.48. The highest BCUT2D eigenvalue weighted by Crippen LogP contribution is 2.42. The molecule has 1 amide bonds. The molecule has 2 aliphatic rings. The zero-order chi connectivity index (χ0) is 21.7. The molecule has 8 heteroatoms. The Morgan fingerprint density at radius 2 is 2.27 bits per heavy atom. The van der Waals surface area contributed by atoms with Gasteiger partial charge in [0.15, 0.2) is 5.88 Å². The number of hydrogen-bond donors (Lipinski definition) is 3. The summed E-state index contributed by atoms with van der Waals surface area (Å²) in [6, 6.07) is 2.45. The Balaban J connectivity index is 1.71. The number of methoxy groups -OCH3 is 1. The number of hydrogen-bond acceptors (Lipinski definition) is 7. The molecule has 1 aromatic rings. The Labute approximate surface area is 189 Å². The van der Waals surface area contributed by atoms with E-state index in [2.05, 4.69) is 29.9 Å². The molecule has 1 saturated carbocycles. The van der Waals surface area contributed by atoms with Gasteiger partial charge >= 0.3 is 0 Å². The van der Waals surface area contributed by atoms with Gasteiger partial charge < -0.3 is 25.0 Å². The summed E-state index contributed by atoms with van der Waals surface area (Å²) >= 11 is 6.59. The van der Waals surface area contributed by atoms with E-state index in [1.54, 1.807) is 18.4 Å². The fourth-order valence-corrected chi connectivity index (χ4v) is 5.24. The first kappa shape index (κ1) is 23.2. The van der Waals surface area contributed by atoms with Crippen molar-refractivity contribution in [3.63, 3.8) is 0 Å². The lowest BCUT2D eigenvalue weighted by atomic mass is 10.1. The quantitative estimate of drug-likeness (QED) is 0.209. The van der Waals surface area contributed by atoms with Crippen LogP contribution < -0.4 is 10.6 Å². The average molecular weight is 452 g/mol. The Morgan fingerprint density at radius 1 is 1.50 bits per heavy atom. The molecule has 2 heterocycles. The first-order valence-electron chi connectivity index (χ1n) is 10.5. The first-order chi connectivity index (χ1) is 14.4. The van der Waals surface area contributed by atoms with Crippen molar-refractivity contribution in [1.82, 2.24) is 15.5 Å². The number of thiol groups is 1. The summed E-state index contributed by atoms with van der Waals surface area (Å²) in [5.41, 5.74) is 2.30. The SMILES string of the molecule is C=C(NCCCc1cc(C(S)N(C(=O)C2CNCCO2)C2CC2)sc1C(=C)C)OC. The van der Waals surface area contributed by atoms with E-state index < -0.39 is 6.10 Å². The number of allylic oxidation sites excluding steroid dienone is 1. The predicted octanol–water partition coefficient (Wildman–Crippen LogP) is 3.33. The van der Waals surface area contributed by atoms with Crippen molar-refractivity contribution in [2.45, 2.75) is 50.1 Å². The summed E-state index contributed by atoms with van der Waals surface area (Å²) in [5, 5.41) is 6.14. The number of rotatable bonds is 11. The zero-order valence-electron chi connectivity index (χ0n) is 17.9. The number of nitrogens with one attached hydrogen (secondary N) is 2. The van der Waals surface area contributed by atoms with Crippen LogP contribution >= 0.6 is 24.0 Å². The van der Waals surface area contributed by atoms with Gasteiger partial charge in [-0.15, -0.1) is 24.0 Å². The van der Waals surface area contributed by atoms with Crippen LogP contribution in [0.2, 0.25) is 0 Å². The number of nitrogens with zero attached hydrogens (tertiary/aromatic N) is 1. The molecule has 0 bridgehead atoms. The smallest absolute Gasteiger partial charge is 0.254 e. The van der Waals surface area contributed by atoms with Crippen LogP contribution in [0.4, 0.5) is 0 Å². The van der Waals surface area contributed by atoms with Gasteiger partial charge in [-0.2, -0.15) is 0 Å². The summed E-state index contributed by atoms with van der Waals surface area (Å²) in [4.78, 5) is 17.4. The summed E-state index contributed by atoms with van der Waals surface area (Å²) < 4.78 is 10.8. The normalized spacial score (nSPS) is 19.8. The van der Waals surface area contributed by atoms with Gasteiger partial charge in [0.1, 0.15) is 11.5 Å². The number of aryl methyl sites for hydroxylation is 1. The van der Waals surface area contributed by atoms with Gasteiger partial charge in [-0.3, -0.25) is 4.79 Å². The predicted molar refractivity (Wildman–Crippen MR) is 126 cm³/mol. The Morgan fingerprint density at radius 3 is 2.87 bits per heavy atom. The second kappa shape index (κ2) is 10.7. The molecule has 0 radical (unpaired) electrons. The third kappa shape index (κ3) is 5.81. The number of ether oxygens (including phenoxy) is 2.